The van der Waals surface area contributed by atoms with Gasteiger partial charge < -0.3 is 31.5 Å². The minimum atomic E-state index is -1.43. The predicted molar refractivity (Wildman–Crippen MR) is 95.4 cm³/mol. The van der Waals surface area contributed by atoms with E-state index in [1.54, 1.807) is 11.8 Å². The molecule has 0 aromatic heterocycles. The number of carbonyl (C=O) groups excluding carboxylic acids is 3. The van der Waals surface area contributed by atoms with Gasteiger partial charge in [0.15, 0.2) is 0 Å². The van der Waals surface area contributed by atoms with E-state index in [-0.39, 0.29) is 5.91 Å². The number of carboxylic acid groups (broad SMARTS) is 1. The summed E-state index contributed by atoms with van der Waals surface area (Å²) in [5.41, 5.74) is 5.89. The molecule has 6 N–H and O–H groups in total. The minimum Gasteiger partial charge on any atom is -0.480 e. The van der Waals surface area contributed by atoms with Crippen LogP contribution in [0.2, 0.25) is 0 Å². The topological polar surface area (TPSA) is 162 Å². The van der Waals surface area contributed by atoms with Crippen molar-refractivity contribution in [3.05, 3.63) is 0 Å². The monoisotopic (exact) mass is 390 g/mol. The molecule has 148 valence electrons. The molecule has 0 aromatic rings. The third kappa shape index (κ3) is 6.46. The summed E-state index contributed by atoms with van der Waals surface area (Å²) in [6.45, 7) is -0.769. The highest BCUT2D eigenvalue weighted by atomic mass is 32.2. The number of hydrogen-bond donors (Lipinski definition) is 5. The molecule has 11 heteroatoms. The standard InChI is InChI=1S/C15H26N4O6S/c1-26-6-4-9(16)14(23)19-5-2-3-11(19)13(22)17-7-12(21)18-10(8-20)15(24)25/h9-11,20H,2-8,16H2,1H3,(H,17,22)(H,18,21)(H,24,25). The van der Waals surface area contributed by atoms with Crippen LogP contribution in [0.4, 0.5) is 0 Å². The summed E-state index contributed by atoms with van der Waals surface area (Å²) in [5.74, 6) is -2.15. The number of nitrogens with two attached hydrogens (primary N) is 1. The van der Waals surface area contributed by atoms with Crippen LogP contribution in [0.25, 0.3) is 0 Å². The zero-order valence-electron chi connectivity index (χ0n) is 14.6. The molecule has 0 radical (unpaired) electrons. The quantitative estimate of drug-likeness (QED) is 0.279. The van der Waals surface area contributed by atoms with Gasteiger partial charge in [-0.2, -0.15) is 11.8 Å². The number of nitrogens with zero attached hydrogens (tertiary/aromatic N) is 1. The summed E-state index contributed by atoms with van der Waals surface area (Å²) in [5, 5.41) is 22.1. The lowest BCUT2D eigenvalue weighted by molar-refractivity contribution is -0.143. The average molecular weight is 390 g/mol. The Morgan fingerprint density at radius 3 is 2.62 bits per heavy atom. The summed E-state index contributed by atoms with van der Waals surface area (Å²) in [6, 6.07) is -2.79. The Morgan fingerprint density at radius 1 is 1.35 bits per heavy atom. The smallest absolute Gasteiger partial charge is 0.328 e. The van der Waals surface area contributed by atoms with Gasteiger partial charge in [0.2, 0.25) is 17.7 Å². The van der Waals surface area contributed by atoms with Crippen LogP contribution in [0.1, 0.15) is 19.3 Å². The molecule has 3 atom stereocenters. The van der Waals surface area contributed by atoms with Crippen LogP contribution in [0, 0.1) is 0 Å². The van der Waals surface area contributed by atoms with E-state index in [2.05, 4.69) is 10.6 Å². The van der Waals surface area contributed by atoms with Gasteiger partial charge in [0, 0.05) is 6.54 Å². The van der Waals surface area contributed by atoms with Gasteiger partial charge >= 0.3 is 5.97 Å². The van der Waals surface area contributed by atoms with Crippen LogP contribution >= 0.6 is 11.8 Å². The van der Waals surface area contributed by atoms with E-state index in [9.17, 15) is 19.2 Å². The van der Waals surface area contributed by atoms with Gasteiger partial charge in [-0.3, -0.25) is 14.4 Å². The van der Waals surface area contributed by atoms with Crippen molar-refractivity contribution in [1.82, 2.24) is 15.5 Å². The van der Waals surface area contributed by atoms with Gasteiger partial charge in [0.05, 0.1) is 19.2 Å². The van der Waals surface area contributed by atoms with E-state index >= 15 is 0 Å². The second-order valence-electron chi connectivity index (χ2n) is 5.94. The van der Waals surface area contributed by atoms with Crippen molar-refractivity contribution in [1.29, 1.82) is 0 Å². The summed E-state index contributed by atoms with van der Waals surface area (Å²) in [7, 11) is 0. The maximum atomic E-state index is 12.4. The van der Waals surface area contributed by atoms with Crippen LogP contribution in [0.5, 0.6) is 0 Å². The Labute approximate surface area is 155 Å². The Kier molecular flexibility index (Phi) is 9.38. The molecule has 0 saturated carbocycles. The van der Waals surface area contributed by atoms with E-state index in [1.165, 1.54) is 4.90 Å². The van der Waals surface area contributed by atoms with E-state index in [0.29, 0.717) is 25.8 Å². The van der Waals surface area contributed by atoms with Gasteiger partial charge in [-0.05, 0) is 31.3 Å². The molecule has 1 aliphatic heterocycles. The molecular formula is C15H26N4O6S. The van der Waals surface area contributed by atoms with E-state index in [4.69, 9.17) is 15.9 Å². The highest BCUT2D eigenvalue weighted by molar-refractivity contribution is 7.98. The number of likely N-dealkylation sites (tertiary alicyclic amines) is 1. The zero-order chi connectivity index (χ0) is 19.7. The SMILES string of the molecule is CSCCC(N)C(=O)N1CCCC1C(=O)NCC(=O)NC(CO)C(=O)O. The largest absolute Gasteiger partial charge is 0.480 e. The molecule has 0 aliphatic carbocycles. The van der Waals surface area contributed by atoms with Crippen molar-refractivity contribution in [2.45, 2.75) is 37.4 Å². The maximum Gasteiger partial charge on any atom is 0.328 e. The highest BCUT2D eigenvalue weighted by Gasteiger charge is 2.36. The molecule has 1 fully saturated rings. The molecule has 1 aliphatic rings. The molecule has 10 nitrogen and oxygen atoms in total. The van der Waals surface area contributed by atoms with Crippen molar-refractivity contribution in [3.63, 3.8) is 0 Å². The predicted octanol–water partition coefficient (Wildman–Crippen LogP) is -2.26. The Balaban J connectivity index is 2.53. The molecule has 0 spiro atoms. The molecule has 0 bridgehead atoms. The molecule has 0 aromatic carbocycles. The van der Waals surface area contributed by atoms with E-state index < -0.39 is 49.1 Å². The second-order valence-corrected chi connectivity index (χ2v) is 6.92. The lowest BCUT2D eigenvalue weighted by Crippen LogP contribution is -2.53. The van der Waals surface area contributed by atoms with Crippen molar-refractivity contribution < 1.29 is 29.4 Å². The first-order chi connectivity index (χ1) is 12.3. The zero-order valence-corrected chi connectivity index (χ0v) is 15.5. The molecule has 3 unspecified atom stereocenters. The van der Waals surface area contributed by atoms with E-state index in [1.807, 2.05) is 6.26 Å². The normalized spacial score (nSPS) is 18.9. The molecule has 3 amide bonds. The number of carbonyl (C=O) groups is 4. The van der Waals surface area contributed by atoms with Crippen molar-refractivity contribution >= 4 is 35.5 Å². The van der Waals surface area contributed by atoms with Crippen LogP contribution < -0.4 is 16.4 Å². The fourth-order valence-electron chi connectivity index (χ4n) is 2.60. The van der Waals surface area contributed by atoms with Crippen LogP contribution in [-0.2, 0) is 19.2 Å². The van der Waals surface area contributed by atoms with Gasteiger partial charge in [0.1, 0.15) is 12.1 Å². The molecule has 26 heavy (non-hydrogen) atoms. The average Bonchev–Trinajstić information content (AvgIpc) is 3.10. The number of thioether (sulfide) groups is 1. The third-order valence-corrected chi connectivity index (χ3v) is 4.67. The number of carboxylic acids is 1. The maximum absolute atomic E-state index is 12.4. The molecule has 1 saturated heterocycles. The number of nitrogens with one attached hydrogen (secondary N) is 2. The summed E-state index contributed by atoms with van der Waals surface area (Å²) >= 11 is 1.58. The van der Waals surface area contributed by atoms with E-state index in [0.717, 1.165) is 5.75 Å². The number of aliphatic carboxylic acids is 1. The highest BCUT2D eigenvalue weighted by Crippen LogP contribution is 2.19. The van der Waals surface area contributed by atoms with Gasteiger partial charge in [-0.1, -0.05) is 0 Å². The Hall–Kier alpha value is -1.85. The van der Waals surface area contributed by atoms with Crippen molar-refractivity contribution in [3.8, 4) is 0 Å². The minimum absolute atomic E-state index is 0.285. The lowest BCUT2D eigenvalue weighted by Gasteiger charge is -2.26. The Morgan fingerprint density at radius 2 is 2.04 bits per heavy atom. The molecular weight excluding hydrogens is 364 g/mol. The number of rotatable bonds is 10. The first-order valence-corrected chi connectivity index (χ1v) is 9.67. The van der Waals surface area contributed by atoms with Crippen LogP contribution in [0.15, 0.2) is 0 Å². The third-order valence-electron chi connectivity index (χ3n) is 4.03. The number of aliphatic hydroxyl groups is 1. The first kappa shape index (κ1) is 22.2. The lowest BCUT2D eigenvalue weighted by atomic mass is 10.1. The van der Waals surface area contributed by atoms with Gasteiger partial charge in [0.25, 0.3) is 0 Å². The molecule has 1 rings (SSSR count). The number of hydrogen-bond acceptors (Lipinski definition) is 7. The fourth-order valence-corrected chi connectivity index (χ4v) is 3.09. The fraction of sp³-hybridized carbons (Fsp3) is 0.733. The second kappa shape index (κ2) is 11.0. The molecule has 1 heterocycles. The van der Waals surface area contributed by atoms with Gasteiger partial charge in [-0.25, -0.2) is 4.79 Å². The van der Waals surface area contributed by atoms with Crippen LogP contribution in [0.3, 0.4) is 0 Å². The number of aliphatic hydroxyl groups excluding tert-OH is 1. The Bertz CT molecular complexity index is 532. The summed E-state index contributed by atoms with van der Waals surface area (Å²) in [4.78, 5) is 48.6. The van der Waals surface area contributed by atoms with Crippen LogP contribution in [-0.4, -0.2) is 88.6 Å². The summed E-state index contributed by atoms with van der Waals surface area (Å²) < 4.78 is 0. The van der Waals surface area contributed by atoms with Crippen molar-refractivity contribution in [2.75, 3.05) is 31.7 Å². The first-order valence-electron chi connectivity index (χ1n) is 8.27. The van der Waals surface area contributed by atoms with Gasteiger partial charge in [-0.15, -0.1) is 0 Å². The number of amides is 3. The summed E-state index contributed by atoms with van der Waals surface area (Å²) in [6.07, 6.45) is 3.57. The van der Waals surface area contributed by atoms with Crippen molar-refractivity contribution in [2.24, 2.45) is 5.73 Å².